The number of nitrogens with zero attached hydrogens (tertiary/aromatic N) is 3. The molecule has 0 aliphatic carbocycles. The Kier molecular flexibility index (Phi) is 8.95. The molecule has 0 bridgehead atoms. The Labute approximate surface area is 209 Å². The molecule has 2 saturated heterocycles. The highest BCUT2D eigenvalue weighted by molar-refractivity contribution is 14.0. The van der Waals surface area contributed by atoms with E-state index in [1.165, 1.54) is 12.0 Å². The first-order chi connectivity index (χ1) is 15.1. The fourth-order valence-electron chi connectivity index (χ4n) is 4.51. The number of rotatable bonds is 6. The van der Waals surface area contributed by atoms with Crippen molar-refractivity contribution in [2.45, 2.75) is 37.1 Å². The number of nitrogens with one attached hydrogen (secondary N) is 1. The Morgan fingerprint density at radius 3 is 2.34 bits per heavy atom. The second kappa shape index (κ2) is 11.5. The molecule has 0 spiro atoms. The third-order valence-corrected chi connectivity index (χ3v) is 8.15. The van der Waals surface area contributed by atoms with Crippen LogP contribution in [0, 0.1) is 5.92 Å². The van der Waals surface area contributed by atoms with Crippen LogP contribution in [0.1, 0.15) is 30.4 Å². The fraction of sp³-hybridized carbons (Fsp3) is 0.458. The van der Waals surface area contributed by atoms with Crippen LogP contribution in [0.15, 0.2) is 64.5 Å². The van der Waals surface area contributed by atoms with Crippen molar-refractivity contribution in [1.29, 1.82) is 0 Å². The second-order valence-electron chi connectivity index (χ2n) is 8.45. The third-order valence-electron chi connectivity index (χ3n) is 6.24. The molecule has 2 heterocycles. The van der Waals surface area contributed by atoms with Crippen molar-refractivity contribution in [1.82, 2.24) is 14.5 Å². The Balaban J connectivity index is 0.00000289. The van der Waals surface area contributed by atoms with E-state index in [-0.39, 0.29) is 24.0 Å². The summed E-state index contributed by atoms with van der Waals surface area (Å²) in [4.78, 5) is 7.16. The lowest BCUT2D eigenvalue weighted by Crippen LogP contribution is -2.39. The lowest BCUT2D eigenvalue weighted by Gasteiger charge is -2.22. The predicted molar refractivity (Wildman–Crippen MR) is 140 cm³/mol. The van der Waals surface area contributed by atoms with Gasteiger partial charge < -0.3 is 10.2 Å². The molecule has 0 aromatic heterocycles. The van der Waals surface area contributed by atoms with Gasteiger partial charge in [0.05, 0.1) is 4.90 Å². The first kappa shape index (κ1) is 25.0. The quantitative estimate of drug-likeness (QED) is 0.328. The highest BCUT2D eigenvalue weighted by Gasteiger charge is 2.27. The highest BCUT2D eigenvalue weighted by Crippen LogP contribution is 2.22. The largest absolute Gasteiger partial charge is 0.352 e. The summed E-state index contributed by atoms with van der Waals surface area (Å²) in [7, 11) is -1.54. The number of hydrogen-bond acceptors (Lipinski definition) is 3. The van der Waals surface area contributed by atoms with Gasteiger partial charge in [0.1, 0.15) is 0 Å². The molecule has 4 rings (SSSR count). The maximum atomic E-state index is 12.7. The molecule has 0 saturated carbocycles. The number of aliphatic imine (C=N–C) groups is 1. The van der Waals surface area contributed by atoms with Crippen molar-refractivity contribution in [3.8, 4) is 0 Å². The zero-order chi connectivity index (χ0) is 21.7. The van der Waals surface area contributed by atoms with E-state index in [4.69, 9.17) is 0 Å². The number of sulfonamides is 1. The van der Waals surface area contributed by atoms with E-state index in [1.807, 2.05) is 19.2 Å². The Bertz CT molecular complexity index is 990. The second-order valence-corrected chi connectivity index (χ2v) is 10.4. The maximum Gasteiger partial charge on any atom is 0.243 e. The summed E-state index contributed by atoms with van der Waals surface area (Å²) in [5, 5.41) is 3.44. The minimum Gasteiger partial charge on any atom is -0.352 e. The fourth-order valence-corrected chi connectivity index (χ4v) is 6.03. The molecule has 2 aliphatic rings. The molecular weight excluding hydrogens is 535 g/mol. The minimum atomic E-state index is -3.36. The number of halogens is 1. The van der Waals surface area contributed by atoms with Gasteiger partial charge in [-0.3, -0.25) is 4.99 Å². The van der Waals surface area contributed by atoms with E-state index in [2.05, 4.69) is 45.5 Å². The summed E-state index contributed by atoms with van der Waals surface area (Å²) in [5.74, 6) is 1.54. The Morgan fingerprint density at radius 1 is 1.00 bits per heavy atom. The molecule has 1 atom stereocenters. The lowest BCUT2D eigenvalue weighted by molar-refractivity contribution is 0.460. The summed E-state index contributed by atoms with van der Waals surface area (Å²) >= 11 is 0. The van der Waals surface area contributed by atoms with E-state index in [9.17, 15) is 8.42 Å². The zero-order valence-electron chi connectivity index (χ0n) is 18.6. The number of hydrogen-bond donors (Lipinski definition) is 1. The van der Waals surface area contributed by atoms with E-state index in [0.29, 0.717) is 30.4 Å². The van der Waals surface area contributed by atoms with Gasteiger partial charge in [-0.05, 0) is 54.9 Å². The van der Waals surface area contributed by atoms with Crippen molar-refractivity contribution in [3.05, 3.63) is 65.7 Å². The van der Waals surface area contributed by atoms with Crippen LogP contribution in [-0.4, -0.2) is 56.8 Å². The van der Waals surface area contributed by atoms with Crippen LogP contribution in [0.2, 0.25) is 0 Å². The molecule has 0 radical (unpaired) electrons. The van der Waals surface area contributed by atoms with Crippen LogP contribution >= 0.6 is 24.0 Å². The maximum absolute atomic E-state index is 12.7. The third kappa shape index (κ3) is 6.02. The Morgan fingerprint density at radius 2 is 1.69 bits per heavy atom. The van der Waals surface area contributed by atoms with Gasteiger partial charge in [0, 0.05) is 39.8 Å². The Hall–Kier alpha value is -1.65. The van der Waals surface area contributed by atoms with Crippen LogP contribution in [0.25, 0.3) is 0 Å². The summed E-state index contributed by atoms with van der Waals surface area (Å²) in [6.45, 7) is 3.88. The summed E-state index contributed by atoms with van der Waals surface area (Å²) in [6, 6.07) is 17.9. The van der Waals surface area contributed by atoms with Crippen LogP contribution in [0.3, 0.4) is 0 Å². The van der Waals surface area contributed by atoms with Gasteiger partial charge in [0.15, 0.2) is 5.96 Å². The number of benzene rings is 2. The molecular formula is C24H33IN4O2S. The normalized spacial score (nSPS) is 19.7. The first-order valence-electron chi connectivity index (χ1n) is 11.1. The van der Waals surface area contributed by atoms with Crippen molar-refractivity contribution < 1.29 is 8.42 Å². The topological polar surface area (TPSA) is 65.0 Å². The van der Waals surface area contributed by atoms with Crippen LogP contribution in [0.5, 0.6) is 0 Å². The van der Waals surface area contributed by atoms with Crippen LogP contribution in [-0.2, 0) is 23.0 Å². The first-order valence-corrected chi connectivity index (χ1v) is 12.6. The van der Waals surface area contributed by atoms with Gasteiger partial charge in [0.25, 0.3) is 0 Å². The molecule has 6 nitrogen and oxygen atoms in total. The van der Waals surface area contributed by atoms with Crippen molar-refractivity contribution in [2.24, 2.45) is 10.9 Å². The summed E-state index contributed by atoms with van der Waals surface area (Å²) < 4.78 is 26.9. The average Bonchev–Trinajstić information content (AvgIpc) is 3.48. The van der Waals surface area contributed by atoms with Gasteiger partial charge in [-0.15, -0.1) is 24.0 Å². The van der Waals surface area contributed by atoms with E-state index in [0.717, 1.165) is 43.9 Å². The minimum absolute atomic E-state index is 0. The highest BCUT2D eigenvalue weighted by atomic mass is 127. The van der Waals surface area contributed by atoms with Gasteiger partial charge >= 0.3 is 0 Å². The zero-order valence-corrected chi connectivity index (χ0v) is 21.8. The lowest BCUT2D eigenvalue weighted by atomic mass is 9.99. The number of guanidine groups is 1. The van der Waals surface area contributed by atoms with Crippen LogP contribution < -0.4 is 5.32 Å². The van der Waals surface area contributed by atoms with Gasteiger partial charge in [-0.25, -0.2) is 8.42 Å². The van der Waals surface area contributed by atoms with Crippen molar-refractivity contribution >= 4 is 40.0 Å². The molecule has 174 valence electrons. The van der Waals surface area contributed by atoms with Crippen molar-refractivity contribution in [2.75, 3.05) is 33.2 Å². The number of likely N-dealkylation sites (tertiary alicyclic amines) is 1. The van der Waals surface area contributed by atoms with E-state index >= 15 is 0 Å². The molecule has 1 unspecified atom stereocenters. The smallest absolute Gasteiger partial charge is 0.243 e. The molecule has 0 amide bonds. The molecule has 32 heavy (non-hydrogen) atoms. The van der Waals surface area contributed by atoms with Crippen molar-refractivity contribution in [3.63, 3.8) is 0 Å². The average molecular weight is 569 g/mol. The molecule has 8 heteroatoms. The van der Waals surface area contributed by atoms with Gasteiger partial charge in [-0.1, -0.05) is 42.5 Å². The standard InChI is InChI=1S/C24H32N4O2S.HI/c1-25-24(27-16-13-22(19-27)17-20-7-3-2-4-8-20)26-18-21-9-11-23(12-10-21)31(29,30)28-14-5-6-15-28;/h2-4,7-12,22H,5-6,13-19H2,1H3,(H,25,26);1H. The van der Waals surface area contributed by atoms with Gasteiger partial charge in [-0.2, -0.15) is 4.31 Å². The van der Waals surface area contributed by atoms with E-state index in [1.54, 1.807) is 16.4 Å². The molecule has 2 aliphatic heterocycles. The summed E-state index contributed by atoms with van der Waals surface area (Å²) in [5.41, 5.74) is 2.43. The molecule has 2 aromatic rings. The van der Waals surface area contributed by atoms with Crippen LogP contribution in [0.4, 0.5) is 0 Å². The molecule has 1 N–H and O–H groups in total. The van der Waals surface area contributed by atoms with E-state index < -0.39 is 10.0 Å². The SMILES string of the molecule is CN=C(NCc1ccc(S(=O)(=O)N2CCCC2)cc1)N1CCC(Cc2ccccc2)C1.I. The van der Waals surface area contributed by atoms with Gasteiger partial charge in [0.2, 0.25) is 10.0 Å². The molecule has 2 aromatic carbocycles. The summed E-state index contributed by atoms with van der Waals surface area (Å²) in [6.07, 6.45) is 4.16. The predicted octanol–water partition coefficient (Wildman–Crippen LogP) is 3.73. The molecule has 2 fully saturated rings. The monoisotopic (exact) mass is 568 g/mol.